The van der Waals surface area contributed by atoms with Gasteiger partial charge in [-0.05, 0) is 18.6 Å². The van der Waals surface area contributed by atoms with E-state index < -0.39 is 34.5 Å². The highest BCUT2D eigenvalue weighted by molar-refractivity contribution is 6.22. The number of carbonyl (C=O) groups excluding carboxylic acids is 1. The van der Waals surface area contributed by atoms with Gasteiger partial charge >= 0.3 is 0 Å². The number of hydrogen-bond acceptors (Lipinski definition) is 1. The van der Waals surface area contributed by atoms with Crippen molar-refractivity contribution in [2.45, 2.75) is 18.9 Å². The molecule has 1 rings (SSSR count). The summed E-state index contributed by atoms with van der Waals surface area (Å²) in [6, 6.07) is 1.55. The zero-order chi connectivity index (χ0) is 14.6. The number of nitrogens with one attached hydrogen (secondary N) is 1. The summed E-state index contributed by atoms with van der Waals surface area (Å²) in [6.07, 6.45) is 0.414. The minimum Gasteiger partial charge on any atom is -0.344 e. The van der Waals surface area contributed by atoms with Crippen molar-refractivity contribution in [3.8, 4) is 0 Å². The van der Waals surface area contributed by atoms with E-state index in [1.54, 1.807) is 6.92 Å². The molecule has 0 fully saturated rings. The number of halogens is 5. The Morgan fingerprint density at radius 2 is 1.79 bits per heavy atom. The molecule has 0 aromatic heterocycles. The predicted molar refractivity (Wildman–Crippen MR) is 68.2 cm³/mol. The third-order valence-electron chi connectivity index (χ3n) is 2.85. The molecule has 1 N–H and O–H groups in total. The second kappa shape index (κ2) is 6.48. The van der Waals surface area contributed by atoms with Crippen molar-refractivity contribution in [3.63, 3.8) is 0 Å². The average Bonchev–Trinajstić information content (AvgIpc) is 2.42. The molecule has 7 heteroatoms. The van der Waals surface area contributed by atoms with Gasteiger partial charge in [0.2, 0.25) is 0 Å². The van der Waals surface area contributed by atoms with Gasteiger partial charge in [0, 0.05) is 11.8 Å². The molecule has 0 atom stereocenters. The molecule has 0 radical (unpaired) electrons. The SMILES string of the molecule is CCC(CCl)(CCl)NC(=O)c1ccc(F)c(F)c1F. The largest absolute Gasteiger partial charge is 0.344 e. The van der Waals surface area contributed by atoms with Gasteiger partial charge in [0.1, 0.15) is 0 Å². The number of alkyl halides is 2. The van der Waals surface area contributed by atoms with Crippen LogP contribution in [0.15, 0.2) is 12.1 Å². The van der Waals surface area contributed by atoms with E-state index in [1.165, 1.54) is 0 Å². The van der Waals surface area contributed by atoms with Crippen LogP contribution in [0.1, 0.15) is 23.7 Å². The van der Waals surface area contributed by atoms with E-state index in [2.05, 4.69) is 5.32 Å². The minimum atomic E-state index is -1.69. The highest BCUT2D eigenvalue weighted by Gasteiger charge is 2.30. The maximum atomic E-state index is 13.5. The first-order valence-electron chi connectivity index (χ1n) is 5.48. The fourth-order valence-corrected chi connectivity index (χ4v) is 2.19. The Hall–Kier alpha value is -0.940. The summed E-state index contributed by atoms with van der Waals surface area (Å²) in [6.45, 7) is 1.74. The van der Waals surface area contributed by atoms with E-state index in [1.807, 2.05) is 0 Å². The molecule has 0 aliphatic rings. The molecule has 0 aliphatic heterocycles. The number of benzene rings is 1. The predicted octanol–water partition coefficient (Wildman–Crippen LogP) is 3.46. The van der Waals surface area contributed by atoms with Crippen LogP contribution in [-0.4, -0.2) is 23.2 Å². The van der Waals surface area contributed by atoms with Gasteiger partial charge in [-0.2, -0.15) is 0 Å². The summed E-state index contributed by atoms with van der Waals surface area (Å²) in [5.41, 5.74) is -1.51. The maximum Gasteiger partial charge on any atom is 0.254 e. The van der Waals surface area contributed by atoms with Crippen molar-refractivity contribution in [3.05, 3.63) is 35.1 Å². The molecule has 0 saturated carbocycles. The standard InChI is InChI=1S/C12H12Cl2F3NO/c1-2-12(5-13,6-14)18-11(19)7-3-4-8(15)10(17)9(7)16/h3-4H,2,5-6H2,1H3,(H,18,19). The van der Waals surface area contributed by atoms with Crippen molar-refractivity contribution in [2.75, 3.05) is 11.8 Å². The van der Waals surface area contributed by atoms with Gasteiger partial charge < -0.3 is 5.32 Å². The van der Waals surface area contributed by atoms with E-state index in [9.17, 15) is 18.0 Å². The Bertz CT molecular complexity index is 470. The Morgan fingerprint density at radius 1 is 1.21 bits per heavy atom. The molecule has 1 aromatic rings. The number of carbonyl (C=O) groups is 1. The highest BCUT2D eigenvalue weighted by Crippen LogP contribution is 2.19. The summed E-state index contributed by atoms with van der Waals surface area (Å²) >= 11 is 11.5. The third kappa shape index (κ3) is 3.34. The number of rotatable bonds is 5. The second-order valence-corrected chi connectivity index (χ2v) is 4.61. The second-order valence-electron chi connectivity index (χ2n) is 4.08. The van der Waals surface area contributed by atoms with Crippen molar-refractivity contribution in [1.29, 1.82) is 0 Å². The van der Waals surface area contributed by atoms with Gasteiger partial charge in [-0.25, -0.2) is 13.2 Å². The zero-order valence-electron chi connectivity index (χ0n) is 10.1. The molecule has 0 heterocycles. The van der Waals surface area contributed by atoms with Gasteiger partial charge in [-0.15, -0.1) is 23.2 Å². The van der Waals surface area contributed by atoms with Crippen LogP contribution < -0.4 is 5.32 Å². The van der Waals surface area contributed by atoms with Crippen LogP contribution in [-0.2, 0) is 0 Å². The fourth-order valence-electron chi connectivity index (χ4n) is 1.39. The first-order valence-corrected chi connectivity index (χ1v) is 6.55. The lowest BCUT2D eigenvalue weighted by Gasteiger charge is -2.29. The zero-order valence-corrected chi connectivity index (χ0v) is 11.6. The number of amides is 1. The lowest BCUT2D eigenvalue weighted by Crippen LogP contribution is -2.51. The molecular formula is C12H12Cl2F3NO. The van der Waals surface area contributed by atoms with Crippen molar-refractivity contribution in [2.24, 2.45) is 0 Å². The van der Waals surface area contributed by atoms with Crippen LogP contribution in [0.25, 0.3) is 0 Å². The summed E-state index contributed by atoms with van der Waals surface area (Å²) in [5.74, 6) is -5.43. The molecule has 0 unspecified atom stereocenters. The Balaban J connectivity index is 3.05. The van der Waals surface area contributed by atoms with E-state index in [4.69, 9.17) is 23.2 Å². The first-order chi connectivity index (χ1) is 8.90. The number of hydrogen-bond donors (Lipinski definition) is 1. The van der Waals surface area contributed by atoms with Crippen LogP contribution in [0.4, 0.5) is 13.2 Å². The van der Waals surface area contributed by atoms with Gasteiger partial charge in [0.15, 0.2) is 17.5 Å². The quantitative estimate of drug-likeness (QED) is 0.654. The van der Waals surface area contributed by atoms with Crippen LogP contribution in [0.3, 0.4) is 0 Å². The molecule has 0 bridgehead atoms. The summed E-state index contributed by atoms with van der Waals surface area (Å²) in [7, 11) is 0. The molecule has 1 aromatic carbocycles. The lowest BCUT2D eigenvalue weighted by molar-refractivity contribution is 0.0908. The topological polar surface area (TPSA) is 29.1 Å². The van der Waals surface area contributed by atoms with Gasteiger partial charge in [-0.3, -0.25) is 4.79 Å². The first kappa shape index (κ1) is 16.1. The molecule has 19 heavy (non-hydrogen) atoms. The smallest absolute Gasteiger partial charge is 0.254 e. The normalized spacial score (nSPS) is 11.5. The summed E-state index contributed by atoms with van der Waals surface area (Å²) in [4.78, 5) is 11.9. The Labute approximate surface area is 118 Å². The van der Waals surface area contributed by atoms with Crippen LogP contribution in [0.2, 0.25) is 0 Å². The van der Waals surface area contributed by atoms with Gasteiger partial charge in [0.25, 0.3) is 5.91 Å². The Kier molecular flexibility index (Phi) is 5.50. The molecule has 0 spiro atoms. The lowest BCUT2D eigenvalue weighted by atomic mass is 10.0. The van der Waals surface area contributed by atoms with E-state index in [0.29, 0.717) is 12.5 Å². The molecule has 0 aliphatic carbocycles. The summed E-state index contributed by atoms with van der Waals surface area (Å²) in [5, 5.41) is 2.45. The van der Waals surface area contributed by atoms with E-state index >= 15 is 0 Å². The van der Waals surface area contributed by atoms with Crippen LogP contribution in [0, 0.1) is 17.5 Å². The van der Waals surface area contributed by atoms with Gasteiger partial charge in [0.05, 0.1) is 11.1 Å². The van der Waals surface area contributed by atoms with Crippen LogP contribution in [0.5, 0.6) is 0 Å². The van der Waals surface area contributed by atoms with Crippen molar-refractivity contribution in [1.82, 2.24) is 5.32 Å². The monoisotopic (exact) mass is 313 g/mol. The van der Waals surface area contributed by atoms with Crippen LogP contribution >= 0.6 is 23.2 Å². The molecule has 2 nitrogen and oxygen atoms in total. The van der Waals surface area contributed by atoms with Crippen molar-refractivity contribution >= 4 is 29.1 Å². The Morgan fingerprint density at radius 3 is 2.26 bits per heavy atom. The molecule has 0 saturated heterocycles. The maximum absolute atomic E-state index is 13.5. The molecular weight excluding hydrogens is 302 g/mol. The van der Waals surface area contributed by atoms with Gasteiger partial charge in [-0.1, -0.05) is 6.92 Å². The van der Waals surface area contributed by atoms with E-state index in [-0.39, 0.29) is 11.8 Å². The van der Waals surface area contributed by atoms with Crippen molar-refractivity contribution < 1.29 is 18.0 Å². The summed E-state index contributed by atoms with van der Waals surface area (Å²) < 4.78 is 39.3. The average molecular weight is 314 g/mol. The molecule has 106 valence electrons. The fraction of sp³-hybridized carbons (Fsp3) is 0.417. The minimum absolute atomic E-state index is 0.0179. The van der Waals surface area contributed by atoms with E-state index in [0.717, 1.165) is 6.07 Å². The highest BCUT2D eigenvalue weighted by atomic mass is 35.5. The molecule has 1 amide bonds. The third-order valence-corrected chi connectivity index (χ3v) is 3.87.